The maximum absolute atomic E-state index is 12.6. The second kappa shape index (κ2) is 10.0. The molecule has 30 heavy (non-hydrogen) atoms. The van der Waals surface area contributed by atoms with E-state index in [4.69, 9.17) is 16.3 Å². The zero-order chi connectivity index (χ0) is 21.5. The molecule has 1 N–H and O–H groups in total. The molecule has 3 rings (SSSR count). The largest absolute Gasteiger partial charge is 0.492 e. The average Bonchev–Trinajstić information content (AvgIpc) is 3.18. The van der Waals surface area contributed by atoms with Crippen molar-refractivity contribution in [2.24, 2.45) is 5.92 Å². The van der Waals surface area contributed by atoms with Crippen LogP contribution in [0.15, 0.2) is 53.9 Å². The number of rotatable bonds is 8. The van der Waals surface area contributed by atoms with E-state index >= 15 is 0 Å². The number of nitrogens with one attached hydrogen (secondary N) is 1. The Morgan fingerprint density at radius 2 is 1.97 bits per heavy atom. The summed E-state index contributed by atoms with van der Waals surface area (Å²) in [6, 6.07) is 15.9. The number of hydrogen-bond donors (Lipinski definition) is 1. The Balaban J connectivity index is 1.71. The average molecular weight is 440 g/mol. The number of para-hydroxylation sites is 2. The van der Waals surface area contributed by atoms with E-state index in [2.05, 4.69) is 10.3 Å². The number of anilines is 1. The van der Waals surface area contributed by atoms with E-state index in [9.17, 15) is 14.9 Å². The molecule has 152 valence electrons. The van der Waals surface area contributed by atoms with Crippen LogP contribution in [-0.2, 0) is 16.0 Å². The van der Waals surface area contributed by atoms with E-state index in [1.807, 2.05) is 25.1 Å². The van der Waals surface area contributed by atoms with Gasteiger partial charge in [-0.3, -0.25) is 9.59 Å². The number of nitriles is 1. The van der Waals surface area contributed by atoms with Gasteiger partial charge in [-0.1, -0.05) is 41.9 Å². The van der Waals surface area contributed by atoms with Crippen molar-refractivity contribution >= 4 is 40.3 Å². The molecule has 3 aromatic rings. The highest BCUT2D eigenvalue weighted by Gasteiger charge is 2.28. The van der Waals surface area contributed by atoms with Crippen LogP contribution in [0.1, 0.15) is 12.6 Å². The number of benzene rings is 2. The Morgan fingerprint density at radius 1 is 1.23 bits per heavy atom. The summed E-state index contributed by atoms with van der Waals surface area (Å²) in [5.74, 6) is -2.21. The number of Topliss-reactive ketones (excluding diaryl/α,β-unsaturated/α-hetero) is 1. The maximum atomic E-state index is 12.6. The molecule has 0 aliphatic carbocycles. The number of amides is 1. The zero-order valence-corrected chi connectivity index (χ0v) is 17.7. The molecule has 0 aliphatic heterocycles. The van der Waals surface area contributed by atoms with Crippen molar-refractivity contribution in [1.82, 2.24) is 4.98 Å². The number of halogens is 1. The lowest BCUT2D eigenvalue weighted by Gasteiger charge is -2.13. The molecule has 0 saturated carbocycles. The fourth-order valence-electron chi connectivity index (χ4n) is 2.76. The van der Waals surface area contributed by atoms with Gasteiger partial charge in [-0.15, -0.1) is 11.3 Å². The molecule has 8 heteroatoms. The van der Waals surface area contributed by atoms with Gasteiger partial charge in [0.25, 0.3) is 0 Å². The number of nitrogens with zero attached hydrogens (tertiary/aromatic N) is 2. The predicted molar refractivity (Wildman–Crippen MR) is 117 cm³/mol. The summed E-state index contributed by atoms with van der Waals surface area (Å²) in [6.45, 7) is 2.25. The van der Waals surface area contributed by atoms with E-state index in [-0.39, 0.29) is 6.42 Å². The van der Waals surface area contributed by atoms with Gasteiger partial charge in [0, 0.05) is 10.9 Å². The number of ether oxygens (including phenoxy) is 1. The van der Waals surface area contributed by atoms with Crippen LogP contribution in [-0.4, -0.2) is 23.3 Å². The quantitative estimate of drug-likeness (QED) is 0.511. The van der Waals surface area contributed by atoms with Crippen LogP contribution < -0.4 is 10.1 Å². The van der Waals surface area contributed by atoms with Gasteiger partial charge >= 0.3 is 0 Å². The third-order valence-corrected chi connectivity index (χ3v) is 5.42. The Hall–Kier alpha value is -3.21. The predicted octanol–water partition coefficient (Wildman–Crippen LogP) is 4.75. The molecular formula is C22H18ClN3O3S. The van der Waals surface area contributed by atoms with Crippen LogP contribution in [0.5, 0.6) is 5.75 Å². The first-order valence-electron chi connectivity index (χ1n) is 9.17. The smallest absolute Gasteiger partial charge is 0.249 e. The van der Waals surface area contributed by atoms with Crippen LogP contribution in [0.25, 0.3) is 10.6 Å². The first kappa shape index (κ1) is 21.5. The molecule has 1 heterocycles. The fraction of sp³-hybridized carbons (Fsp3) is 0.182. The molecule has 1 aromatic heterocycles. The van der Waals surface area contributed by atoms with Crippen LogP contribution >= 0.6 is 22.9 Å². The van der Waals surface area contributed by atoms with Crippen molar-refractivity contribution in [3.63, 3.8) is 0 Å². The molecular weight excluding hydrogens is 422 g/mol. The third kappa shape index (κ3) is 5.03. The number of hydrogen-bond acceptors (Lipinski definition) is 6. The monoisotopic (exact) mass is 439 g/mol. The lowest BCUT2D eigenvalue weighted by molar-refractivity contribution is -0.128. The zero-order valence-electron chi connectivity index (χ0n) is 16.1. The van der Waals surface area contributed by atoms with Crippen molar-refractivity contribution in [1.29, 1.82) is 5.26 Å². The number of aromatic nitrogens is 1. The minimum atomic E-state index is -1.45. The van der Waals surface area contributed by atoms with E-state index < -0.39 is 17.6 Å². The molecule has 2 aromatic carbocycles. The van der Waals surface area contributed by atoms with E-state index in [0.717, 1.165) is 5.56 Å². The topological polar surface area (TPSA) is 92.1 Å². The molecule has 0 aliphatic rings. The highest BCUT2D eigenvalue weighted by molar-refractivity contribution is 7.13. The van der Waals surface area contributed by atoms with Crippen molar-refractivity contribution in [2.75, 3.05) is 11.9 Å². The molecule has 0 spiro atoms. The molecule has 0 bridgehead atoms. The van der Waals surface area contributed by atoms with Gasteiger partial charge in [0.2, 0.25) is 5.91 Å². The van der Waals surface area contributed by atoms with Gasteiger partial charge in [0.05, 0.1) is 35.5 Å². The lowest BCUT2D eigenvalue weighted by Crippen LogP contribution is -2.30. The van der Waals surface area contributed by atoms with Gasteiger partial charge < -0.3 is 10.1 Å². The SMILES string of the molecule is CCOc1ccccc1NC(=O)C(C#N)C(=O)Cc1csc(-c2ccccc2Cl)n1. The summed E-state index contributed by atoms with van der Waals surface area (Å²) in [5, 5.41) is 15.0. The number of thiazole rings is 1. The highest BCUT2D eigenvalue weighted by atomic mass is 35.5. The van der Waals surface area contributed by atoms with Crippen LogP contribution in [0.3, 0.4) is 0 Å². The van der Waals surface area contributed by atoms with Crippen molar-refractivity contribution < 1.29 is 14.3 Å². The Kier molecular flexibility index (Phi) is 7.17. The summed E-state index contributed by atoms with van der Waals surface area (Å²) in [4.78, 5) is 29.6. The van der Waals surface area contributed by atoms with Crippen LogP contribution in [0.4, 0.5) is 5.69 Å². The second-order valence-corrected chi connectivity index (χ2v) is 7.51. The van der Waals surface area contributed by atoms with Gasteiger partial charge in [-0.2, -0.15) is 5.26 Å². The fourth-order valence-corrected chi connectivity index (χ4v) is 3.90. The Labute approximate surface area is 183 Å². The summed E-state index contributed by atoms with van der Waals surface area (Å²) in [5.41, 5.74) is 1.67. The van der Waals surface area contributed by atoms with Crippen molar-refractivity contribution in [3.8, 4) is 22.4 Å². The first-order chi connectivity index (χ1) is 14.5. The van der Waals surface area contributed by atoms with Crippen molar-refractivity contribution in [2.45, 2.75) is 13.3 Å². The molecule has 1 amide bonds. The summed E-state index contributed by atoms with van der Waals surface area (Å²) in [6.07, 6.45) is -0.125. The Morgan fingerprint density at radius 3 is 2.70 bits per heavy atom. The summed E-state index contributed by atoms with van der Waals surface area (Å²) in [7, 11) is 0. The molecule has 6 nitrogen and oxygen atoms in total. The first-order valence-corrected chi connectivity index (χ1v) is 10.4. The van der Waals surface area contributed by atoms with Gasteiger partial charge in [0.15, 0.2) is 11.7 Å². The van der Waals surface area contributed by atoms with Crippen molar-refractivity contribution in [3.05, 3.63) is 64.6 Å². The summed E-state index contributed by atoms with van der Waals surface area (Å²) < 4.78 is 5.46. The second-order valence-electron chi connectivity index (χ2n) is 6.25. The third-order valence-electron chi connectivity index (χ3n) is 4.17. The van der Waals surface area contributed by atoms with Gasteiger partial charge in [0.1, 0.15) is 10.8 Å². The lowest BCUT2D eigenvalue weighted by atomic mass is 10.0. The normalized spacial score (nSPS) is 11.4. The maximum Gasteiger partial charge on any atom is 0.249 e. The Bertz CT molecular complexity index is 1110. The molecule has 0 saturated heterocycles. The van der Waals surface area contributed by atoms with E-state index in [1.165, 1.54) is 11.3 Å². The molecule has 1 unspecified atom stereocenters. The number of ketones is 1. The minimum Gasteiger partial charge on any atom is -0.492 e. The van der Waals surface area contributed by atoms with Crippen LogP contribution in [0.2, 0.25) is 5.02 Å². The van der Waals surface area contributed by atoms with Gasteiger partial charge in [-0.25, -0.2) is 4.98 Å². The minimum absolute atomic E-state index is 0.125. The molecule has 0 fully saturated rings. The standard InChI is InChI=1S/C22H18ClN3O3S/c1-2-29-20-10-6-5-9-18(20)26-21(28)16(12-24)19(27)11-14-13-30-22(25-14)15-7-3-4-8-17(15)23/h3-10,13,16H,2,11H2,1H3,(H,26,28). The number of carbonyl (C=O) groups excluding carboxylic acids is 2. The highest BCUT2D eigenvalue weighted by Crippen LogP contribution is 2.30. The number of carbonyl (C=O) groups is 2. The van der Waals surface area contributed by atoms with Crippen LogP contribution in [0, 0.1) is 17.2 Å². The van der Waals surface area contributed by atoms with E-state index in [1.54, 1.807) is 41.8 Å². The molecule has 0 radical (unpaired) electrons. The van der Waals surface area contributed by atoms with Gasteiger partial charge in [-0.05, 0) is 25.1 Å². The van der Waals surface area contributed by atoms with E-state index in [0.29, 0.717) is 33.8 Å². The summed E-state index contributed by atoms with van der Waals surface area (Å²) >= 11 is 7.54. The molecule has 1 atom stereocenters.